The second kappa shape index (κ2) is 6.41. The minimum absolute atomic E-state index is 0.277. The first-order valence-electron chi connectivity index (χ1n) is 8.54. The van der Waals surface area contributed by atoms with Gasteiger partial charge in [-0.1, -0.05) is 37.3 Å². The molecule has 1 saturated heterocycles. The topological polar surface area (TPSA) is 43.4 Å². The van der Waals surface area contributed by atoms with Gasteiger partial charge in [-0.3, -0.25) is 0 Å². The van der Waals surface area contributed by atoms with E-state index < -0.39 is 5.97 Å². The van der Waals surface area contributed by atoms with Crippen LogP contribution < -0.4 is 5.11 Å². The second-order valence-electron chi connectivity index (χ2n) is 7.23. The van der Waals surface area contributed by atoms with Gasteiger partial charge in [0, 0.05) is 25.0 Å². The van der Waals surface area contributed by atoms with Crippen LogP contribution in [0.15, 0.2) is 30.3 Å². The van der Waals surface area contributed by atoms with Crippen LogP contribution in [-0.2, 0) is 4.79 Å². The Labute approximate surface area is 133 Å². The summed E-state index contributed by atoms with van der Waals surface area (Å²) in [5, 5.41) is 11.6. The molecule has 0 aromatic heterocycles. The maximum atomic E-state index is 11.6. The third-order valence-electron chi connectivity index (χ3n) is 5.83. The molecular formula is C19H26NO2-. The maximum absolute atomic E-state index is 11.6. The molecule has 3 rings (SSSR count). The van der Waals surface area contributed by atoms with E-state index in [0.717, 1.165) is 25.9 Å². The van der Waals surface area contributed by atoms with Gasteiger partial charge in [0.2, 0.25) is 0 Å². The van der Waals surface area contributed by atoms with Crippen LogP contribution in [0.4, 0.5) is 0 Å². The van der Waals surface area contributed by atoms with Crippen molar-refractivity contribution in [3.63, 3.8) is 0 Å². The van der Waals surface area contributed by atoms with Crippen molar-refractivity contribution in [3.8, 4) is 0 Å². The van der Waals surface area contributed by atoms with Crippen molar-refractivity contribution in [1.29, 1.82) is 0 Å². The summed E-state index contributed by atoms with van der Waals surface area (Å²) in [5.74, 6) is 0.716. The van der Waals surface area contributed by atoms with E-state index in [0.29, 0.717) is 30.1 Å². The average Bonchev–Trinajstić information content (AvgIpc) is 2.48. The number of aliphatic carboxylic acids is 1. The first-order valence-corrected chi connectivity index (χ1v) is 8.54. The molecule has 2 bridgehead atoms. The molecule has 2 fully saturated rings. The SMILES string of the molecule is CCC(C(=O)[O-])C1C2CC(c3ccccc3)CC1CN(C)C2. The molecule has 0 N–H and O–H groups in total. The zero-order valence-electron chi connectivity index (χ0n) is 13.6. The number of piperidine rings is 1. The Morgan fingerprint density at radius 2 is 1.82 bits per heavy atom. The van der Waals surface area contributed by atoms with Crippen LogP contribution in [0.1, 0.15) is 37.7 Å². The monoisotopic (exact) mass is 300 g/mol. The van der Waals surface area contributed by atoms with Gasteiger partial charge in [0.1, 0.15) is 0 Å². The van der Waals surface area contributed by atoms with E-state index in [9.17, 15) is 9.90 Å². The molecule has 1 saturated carbocycles. The quantitative estimate of drug-likeness (QED) is 0.855. The highest BCUT2D eigenvalue weighted by Crippen LogP contribution is 2.49. The minimum Gasteiger partial charge on any atom is -0.550 e. The summed E-state index contributed by atoms with van der Waals surface area (Å²) in [6, 6.07) is 10.7. The van der Waals surface area contributed by atoms with Crippen molar-refractivity contribution in [2.45, 2.75) is 32.1 Å². The Bertz CT molecular complexity index is 499. The summed E-state index contributed by atoms with van der Waals surface area (Å²) < 4.78 is 0. The summed E-state index contributed by atoms with van der Waals surface area (Å²) in [6.07, 6.45) is 2.91. The van der Waals surface area contributed by atoms with Gasteiger partial charge >= 0.3 is 0 Å². The molecule has 0 amide bonds. The summed E-state index contributed by atoms with van der Waals surface area (Å²) in [5.41, 5.74) is 1.42. The number of carboxylic acids is 1. The first kappa shape index (κ1) is 15.5. The molecule has 120 valence electrons. The number of nitrogens with zero attached hydrogens (tertiary/aromatic N) is 1. The number of likely N-dealkylation sites (tertiary alicyclic amines) is 1. The molecule has 1 aliphatic carbocycles. The van der Waals surface area contributed by atoms with Crippen LogP contribution in [-0.4, -0.2) is 31.0 Å². The lowest BCUT2D eigenvalue weighted by Crippen LogP contribution is -2.53. The van der Waals surface area contributed by atoms with Crippen LogP contribution in [0.25, 0.3) is 0 Å². The van der Waals surface area contributed by atoms with Crippen molar-refractivity contribution < 1.29 is 9.90 Å². The molecule has 3 heteroatoms. The molecule has 1 heterocycles. The molecule has 0 spiro atoms. The highest BCUT2D eigenvalue weighted by atomic mass is 16.4. The van der Waals surface area contributed by atoms with Crippen molar-refractivity contribution in [2.24, 2.45) is 23.7 Å². The van der Waals surface area contributed by atoms with Crippen molar-refractivity contribution >= 4 is 5.97 Å². The molecule has 1 aromatic rings. The van der Waals surface area contributed by atoms with Crippen molar-refractivity contribution in [3.05, 3.63) is 35.9 Å². The summed E-state index contributed by atoms with van der Waals surface area (Å²) >= 11 is 0. The van der Waals surface area contributed by atoms with E-state index in [1.54, 1.807) is 0 Å². The summed E-state index contributed by atoms with van der Waals surface area (Å²) in [6.45, 7) is 4.03. The molecule has 1 aliphatic heterocycles. The predicted octanol–water partition coefficient (Wildman–Crippen LogP) is 2.13. The van der Waals surface area contributed by atoms with Gasteiger partial charge in [0.25, 0.3) is 0 Å². The van der Waals surface area contributed by atoms with Gasteiger partial charge in [0.05, 0.1) is 0 Å². The standard InChI is InChI=1S/C19H27NO2/c1-3-17(19(21)22)18-15-9-14(13-7-5-4-6-8-13)10-16(18)12-20(2)11-15/h4-8,14-18H,3,9-12H2,1-2H3,(H,21,22)/p-1. The number of fused-ring (bicyclic) bond motifs is 2. The van der Waals surface area contributed by atoms with E-state index in [2.05, 4.69) is 42.3 Å². The summed E-state index contributed by atoms with van der Waals surface area (Å²) in [4.78, 5) is 14.0. The molecule has 3 nitrogen and oxygen atoms in total. The van der Waals surface area contributed by atoms with Crippen molar-refractivity contribution in [2.75, 3.05) is 20.1 Å². The molecule has 1 aromatic carbocycles. The molecule has 22 heavy (non-hydrogen) atoms. The Hall–Kier alpha value is -1.35. The Morgan fingerprint density at radius 3 is 2.32 bits per heavy atom. The van der Waals surface area contributed by atoms with Gasteiger partial charge in [0.15, 0.2) is 0 Å². The zero-order chi connectivity index (χ0) is 15.7. The number of rotatable bonds is 4. The van der Waals surface area contributed by atoms with Crippen LogP contribution in [0.2, 0.25) is 0 Å². The van der Waals surface area contributed by atoms with Gasteiger partial charge < -0.3 is 14.8 Å². The zero-order valence-corrected chi connectivity index (χ0v) is 13.6. The minimum atomic E-state index is -0.842. The normalized spacial score (nSPS) is 33.4. The van der Waals surface area contributed by atoms with E-state index >= 15 is 0 Å². The fraction of sp³-hybridized carbons (Fsp3) is 0.632. The first-order chi connectivity index (χ1) is 10.6. The molecular weight excluding hydrogens is 274 g/mol. The van der Waals surface area contributed by atoms with Gasteiger partial charge in [-0.15, -0.1) is 0 Å². The highest BCUT2D eigenvalue weighted by Gasteiger charge is 2.45. The van der Waals surface area contributed by atoms with E-state index in [-0.39, 0.29) is 5.92 Å². The third-order valence-corrected chi connectivity index (χ3v) is 5.83. The highest BCUT2D eigenvalue weighted by molar-refractivity contribution is 5.68. The lowest BCUT2D eigenvalue weighted by molar-refractivity contribution is -0.315. The molecule has 3 atom stereocenters. The van der Waals surface area contributed by atoms with Gasteiger partial charge in [-0.25, -0.2) is 0 Å². The van der Waals surface area contributed by atoms with Gasteiger partial charge in [-0.05, 0) is 55.5 Å². The van der Waals surface area contributed by atoms with Crippen LogP contribution in [0.3, 0.4) is 0 Å². The van der Waals surface area contributed by atoms with E-state index in [1.807, 2.05) is 6.92 Å². The predicted molar refractivity (Wildman–Crippen MR) is 85.2 cm³/mol. The number of hydrogen-bond donors (Lipinski definition) is 0. The van der Waals surface area contributed by atoms with Crippen LogP contribution in [0, 0.1) is 23.7 Å². The number of hydrogen-bond acceptors (Lipinski definition) is 3. The van der Waals surface area contributed by atoms with Crippen LogP contribution in [0.5, 0.6) is 0 Å². The molecule has 2 aliphatic rings. The lowest BCUT2D eigenvalue weighted by atomic mass is 9.59. The lowest BCUT2D eigenvalue weighted by Gasteiger charge is -2.52. The fourth-order valence-corrected chi connectivity index (χ4v) is 5.04. The second-order valence-corrected chi connectivity index (χ2v) is 7.23. The molecule has 0 radical (unpaired) electrons. The average molecular weight is 300 g/mol. The Kier molecular flexibility index (Phi) is 4.53. The number of carbonyl (C=O) groups excluding carboxylic acids is 1. The number of carbonyl (C=O) groups is 1. The van der Waals surface area contributed by atoms with E-state index in [1.165, 1.54) is 5.56 Å². The van der Waals surface area contributed by atoms with Crippen molar-refractivity contribution in [1.82, 2.24) is 4.90 Å². The Balaban J connectivity index is 1.84. The maximum Gasteiger partial charge on any atom is 0.0448 e. The fourth-order valence-electron chi connectivity index (χ4n) is 5.04. The van der Waals surface area contributed by atoms with Crippen LogP contribution >= 0.6 is 0 Å². The van der Waals surface area contributed by atoms with E-state index in [4.69, 9.17) is 0 Å². The number of carboxylic acid groups (broad SMARTS) is 1. The molecule has 3 unspecified atom stereocenters. The largest absolute Gasteiger partial charge is 0.550 e. The smallest absolute Gasteiger partial charge is 0.0448 e. The summed E-state index contributed by atoms with van der Waals surface area (Å²) in [7, 11) is 2.17. The number of benzene rings is 1. The third kappa shape index (κ3) is 2.91. The van der Waals surface area contributed by atoms with Gasteiger partial charge in [-0.2, -0.15) is 0 Å². The Morgan fingerprint density at radius 1 is 1.23 bits per heavy atom.